The molecule has 23 heavy (non-hydrogen) atoms. The van der Waals surface area contributed by atoms with Crippen molar-refractivity contribution < 1.29 is 4.79 Å². The van der Waals surface area contributed by atoms with Crippen molar-refractivity contribution in [2.24, 2.45) is 16.5 Å². The molecular weight excluding hydrogens is 292 g/mol. The topological polar surface area (TPSA) is 111 Å². The van der Waals surface area contributed by atoms with Crippen molar-refractivity contribution in [1.82, 2.24) is 15.1 Å². The highest BCUT2D eigenvalue weighted by Crippen LogP contribution is 2.20. The van der Waals surface area contributed by atoms with Crippen molar-refractivity contribution in [3.63, 3.8) is 0 Å². The van der Waals surface area contributed by atoms with E-state index in [4.69, 9.17) is 17.9 Å². The number of amides is 1. The average Bonchev–Trinajstić information content (AvgIpc) is 2.97. The lowest BCUT2D eigenvalue weighted by Crippen LogP contribution is -2.13. The van der Waals surface area contributed by atoms with E-state index in [1.165, 1.54) is 4.68 Å². The van der Waals surface area contributed by atoms with E-state index in [2.05, 4.69) is 21.3 Å². The summed E-state index contributed by atoms with van der Waals surface area (Å²) in [5.74, 6) is 2.05. The second-order valence-corrected chi connectivity index (χ2v) is 4.53. The predicted molar refractivity (Wildman–Crippen MR) is 89.5 cm³/mol. The summed E-state index contributed by atoms with van der Waals surface area (Å²) in [5, 5.41) is 6.95. The number of nitrogens with two attached hydrogens (primary N) is 2. The molecule has 0 unspecified atom stereocenters. The van der Waals surface area contributed by atoms with Gasteiger partial charge in [-0.05, 0) is 30.5 Å². The number of carbonyl (C=O) groups excluding carboxylic acids is 1. The molecule has 5 N–H and O–H groups in total. The van der Waals surface area contributed by atoms with Crippen molar-refractivity contribution >= 4 is 17.4 Å². The molecule has 0 radical (unpaired) electrons. The highest BCUT2D eigenvalue weighted by Gasteiger charge is 2.15. The third-order valence-electron chi connectivity index (χ3n) is 2.88. The van der Waals surface area contributed by atoms with Gasteiger partial charge in [-0.15, -0.1) is 6.42 Å². The Kier molecular flexibility index (Phi) is 4.79. The number of primary amides is 1. The fourth-order valence-corrected chi connectivity index (χ4v) is 1.84. The minimum atomic E-state index is -0.694. The standard InChI is InChI=1S/C16H16N6O/c1-3-11-5-4-6-12(9-11)22-10-13(15(21-22)16(18)23)20-14(17)7-8-19-2/h1,4-10,19H,2H3,(H2,17,20)(H2,18,23)/b8-7-. The molecule has 1 amide bonds. The van der Waals surface area contributed by atoms with E-state index in [1.54, 1.807) is 49.8 Å². The zero-order valence-corrected chi connectivity index (χ0v) is 12.5. The summed E-state index contributed by atoms with van der Waals surface area (Å²) < 4.78 is 1.48. The quantitative estimate of drug-likeness (QED) is 0.428. The molecule has 0 aliphatic rings. The van der Waals surface area contributed by atoms with Crippen molar-refractivity contribution in [1.29, 1.82) is 0 Å². The number of aromatic nitrogens is 2. The smallest absolute Gasteiger partial charge is 0.271 e. The van der Waals surface area contributed by atoms with Crippen molar-refractivity contribution in [3.05, 3.63) is 54.0 Å². The van der Waals surface area contributed by atoms with Crippen molar-refractivity contribution in [2.45, 2.75) is 0 Å². The van der Waals surface area contributed by atoms with Crippen LogP contribution in [0.15, 0.2) is 47.7 Å². The van der Waals surface area contributed by atoms with E-state index in [0.717, 1.165) is 0 Å². The number of amidine groups is 1. The fraction of sp³-hybridized carbons (Fsp3) is 0.0625. The third-order valence-corrected chi connectivity index (χ3v) is 2.88. The lowest BCUT2D eigenvalue weighted by atomic mass is 10.2. The third kappa shape index (κ3) is 3.77. The van der Waals surface area contributed by atoms with Gasteiger partial charge in [-0.2, -0.15) is 5.10 Å². The van der Waals surface area contributed by atoms with Gasteiger partial charge in [0.1, 0.15) is 11.5 Å². The molecule has 116 valence electrons. The highest BCUT2D eigenvalue weighted by molar-refractivity contribution is 5.99. The zero-order valence-electron chi connectivity index (χ0n) is 12.5. The van der Waals surface area contributed by atoms with E-state index in [-0.39, 0.29) is 17.2 Å². The molecule has 1 aromatic heterocycles. The highest BCUT2D eigenvalue weighted by atomic mass is 16.1. The molecule has 2 aromatic rings. The summed E-state index contributed by atoms with van der Waals surface area (Å²) in [7, 11) is 1.73. The van der Waals surface area contributed by atoms with E-state index < -0.39 is 5.91 Å². The largest absolute Gasteiger partial charge is 0.394 e. The number of aliphatic imine (C=N–C) groups is 1. The summed E-state index contributed by atoms with van der Waals surface area (Å²) in [6.45, 7) is 0. The maximum atomic E-state index is 11.6. The first-order valence-corrected chi connectivity index (χ1v) is 6.69. The second-order valence-electron chi connectivity index (χ2n) is 4.53. The van der Waals surface area contributed by atoms with Gasteiger partial charge in [-0.25, -0.2) is 9.67 Å². The van der Waals surface area contributed by atoms with Gasteiger partial charge >= 0.3 is 0 Å². The van der Waals surface area contributed by atoms with E-state index in [0.29, 0.717) is 11.3 Å². The molecule has 1 aromatic carbocycles. The van der Waals surface area contributed by atoms with Gasteiger partial charge in [0.2, 0.25) is 0 Å². The van der Waals surface area contributed by atoms with Crippen LogP contribution in [-0.4, -0.2) is 28.6 Å². The Morgan fingerprint density at radius 2 is 2.26 bits per heavy atom. The van der Waals surface area contributed by atoms with Crippen LogP contribution in [0.3, 0.4) is 0 Å². The van der Waals surface area contributed by atoms with Gasteiger partial charge in [-0.3, -0.25) is 4.79 Å². The minimum Gasteiger partial charge on any atom is -0.394 e. The van der Waals surface area contributed by atoms with Crippen LogP contribution >= 0.6 is 0 Å². The number of carbonyl (C=O) groups is 1. The molecule has 2 rings (SSSR count). The van der Waals surface area contributed by atoms with Crippen LogP contribution in [0.4, 0.5) is 5.69 Å². The van der Waals surface area contributed by atoms with E-state index >= 15 is 0 Å². The Labute approximate surface area is 133 Å². The normalized spacial score (nSPS) is 11.4. The lowest BCUT2D eigenvalue weighted by molar-refractivity contribution is 0.0996. The Balaban J connectivity index is 2.48. The van der Waals surface area contributed by atoms with E-state index in [9.17, 15) is 4.79 Å². The van der Waals surface area contributed by atoms with Crippen LogP contribution < -0.4 is 16.8 Å². The number of terminal acetylenes is 1. The van der Waals surface area contributed by atoms with Crippen LogP contribution in [0.25, 0.3) is 5.69 Å². The molecule has 7 nitrogen and oxygen atoms in total. The summed E-state index contributed by atoms with van der Waals surface area (Å²) >= 11 is 0. The Morgan fingerprint density at radius 3 is 2.91 bits per heavy atom. The minimum absolute atomic E-state index is 0.0249. The second kappa shape index (κ2) is 6.95. The number of benzene rings is 1. The summed E-state index contributed by atoms with van der Waals surface area (Å²) in [4.78, 5) is 15.7. The van der Waals surface area contributed by atoms with Gasteiger partial charge in [-0.1, -0.05) is 12.0 Å². The SMILES string of the molecule is C#Cc1cccc(-n2cc(N=C(N)/C=C\NC)c(C(N)=O)n2)c1. The molecule has 0 spiro atoms. The maximum Gasteiger partial charge on any atom is 0.271 e. The summed E-state index contributed by atoms with van der Waals surface area (Å²) in [6.07, 6.45) is 10.1. The average molecular weight is 308 g/mol. The Bertz CT molecular complexity index is 825. The van der Waals surface area contributed by atoms with Crippen molar-refractivity contribution in [2.75, 3.05) is 7.05 Å². The Morgan fingerprint density at radius 1 is 1.48 bits per heavy atom. The molecule has 0 aliphatic heterocycles. The molecule has 0 aliphatic carbocycles. The number of nitrogens with one attached hydrogen (secondary N) is 1. The van der Waals surface area contributed by atoms with Gasteiger partial charge < -0.3 is 16.8 Å². The van der Waals surface area contributed by atoms with Crippen LogP contribution in [0.2, 0.25) is 0 Å². The monoisotopic (exact) mass is 308 g/mol. The first kappa shape index (κ1) is 15.9. The van der Waals surface area contributed by atoms with Crippen LogP contribution in [0, 0.1) is 12.3 Å². The van der Waals surface area contributed by atoms with Gasteiger partial charge in [0, 0.05) is 12.6 Å². The predicted octanol–water partition coefficient (Wildman–Crippen LogP) is 0.674. The first-order chi connectivity index (χ1) is 11.0. The molecule has 0 bridgehead atoms. The van der Waals surface area contributed by atoms with Crippen LogP contribution in [0.5, 0.6) is 0 Å². The first-order valence-electron chi connectivity index (χ1n) is 6.69. The summed E-state index contributed by atoms with van der Waals surface area (Å²) in [5.41, 5.74) is 12.8. The van der Waals surface area contributed by atoms with Gasteiger partial charge in [0.05, 0.1) is 11.9 Å². The zero-order chi connectivity index (χ0) is 16.8. The molecule has 0 saturated heterocycles. The van der Waals surface area contributed by atoms with E-state index in [1.807, 2.05) is 0 Å². The molecule has 1 heterocycles. The van der Waals surface area contributed by atoms with Crippen molar-refractivity contribution in [3.8, 4) is 18.0 Å². The van der Waals surface area contributed by atoms with Crippen LogP contribution in [-0.2, 0) is 0 Å². The molecule has 7 heteroatoms. The molecular formula is C16H16N6O. The van der Waals surface area contributed by atoms with Gasteiger partial charge in [0.25, 0.3) is 5.91 Å². The summed E-state index contributed by atoms with van der Waals surface area (Å²) in [6, 6.07) is 7.15. The number of hydrogen-bond acceptors (Lipinski definition) is 4. The molecule has 0 atom stereocenters. The number of rotatable bonds is 5. The number of nitrogens with zero attached hydrogens (tertiary/aromatic N) is 3. The molecule has 0 fully saturated rings. The Hall–Kier alpha value is -3.53. The maximum absolute atomic E-state index is 11.6. The lowest BCUT2D eigenvalue weighted by Gasteiger charge is -2.00. The number of hydrogen-bond donors (Lipinski definition) is 3. The van der Waals surface area contributed by atoms with Crippen LogP contribution in [0.1, 0.15) is 16.1 Å². The fourth-order valence-electron chi connectivity index (χ4n) is 1.84. The molecule has 0 saturated carbocycles. The van der Waals surface area contributed by atoms with Gasteiger partial charge in [0.15, 0.2) is 5.69 Å².